The summed E-state index contributed by atoms with van der Waals surface area (Å²) in [6.07, 6.45) is 4.71. The van der Waals surface area contributed by atoms with Crippen LogP contribution < -0.4 is 26.2 Å². The van der Waals surface area contributed by atoms with E-state index >= 15 is 0 Å². The van der Waals surface area contributed by atoms with E-state index in [1.807, 2.05) is 0 Å². The van der Waals surface area contributed by atoms with Gasteiger partial charge in [0.2, 0.25) is 0 Å². The van der Waals surface area contributed by atoms with Gasteiger partial charge in [-0.05, 0) is 193 Å². The molecule has 0 saturated heterocycles. The highest BCUT2D eigenvalue weighted by atomic mass is 15.2. The molecule has 2 aliphatic heterocycles. The smallest absolute Gasteiger partial charge is 0.252 e. The van der Waals surface area contributed by atoms with Crippen molar-refractivity contribution in [1.82, 2.24) is 0 Å². The summed E-state index contributed by atoms with van der Waals surface area (Å²) < 4.78 is 0. The van der Waals surface area contributed by atoms with Gasteiger partial charge in [-0.3, -0.25) is 0 Å². The third-order valence-corrected chi connectivity index (χ3v) is 16.9. The maximum atomic E-state index is 2.73. The molecule has 10 rings (SSSR count). The lowest BCUT2D eigenvalue weighted by molar-refractivity contribution is 0.330. The molecular weight excluding hydrogens is 747 g/mol. The zero-order valence-electron chi connectivity index (χ0n) is 41.7. The van der Waals surface area contributed by atoms with Gasteiger partial charge in [0.25, 0.3) is 6.71 Å². The summed E-state index contributed by atoms with van der Waals surface area (Å²) in [4.78, 5) is 5.44. The SMILES string of the molecule is Cc1cc2c3c(c1)N(c1ccc4c(c1C)C(C)(C)CCC4(C)C)c1cc(C(C)(C)C)ccc1B3c1cc3c(cc1N2c1cc2c(cc1C)C(C)(C)CC2(C)C)C(C)(C)CC3(C)C. The molecule has 0 N–H and O–H groups in total. The molecule has 5 aromatic rings. The van der Waals surface area contributed by atoms with Crippen molar-refractivity contribution in [3.05, 3.63) is 122 Å². The highest BCUT2D eigenvalue weighted by Crippen LogP contribution is 2.56. The van der Waals surface area contributed by atoms with Gasteiger partial charge in [-0.15, -0.1) is 0 Å². The minimum Gasteiger partial charge on any atom is -0.311 e. The molecule has 3 heteroatoms. The van der Waals surface area contributed by atoms with Crippen LogP contribution in [-0.2, 0) is 37.9 Å². The van der Waals surface area contributed by atoms with Crippen LogP contribution in [0.5, 0.6) is 0 Å². The summed E-state index contributed by atoms with van der Waals surface area (Å²) in [6, 6.07) is 28.1. The summed E-state index contributed by atoms with van der Waals surface area (Å²) in [7, 11) is 0. The Morgan fingerprint density at radius 1 is 0.452 bits per heavy atom. The van der Waals surface area contributed by atoms with E-state index in [9.17, 15) is 0 Å². The molecule has 2 heterocycles. The maximum Gasteiger partial charge on any atom is 0.252 e. The van der Waals surface area contributed by atoms with Gasteiger partial charge in [-0.1, -0.05) is 134 Å². The van der Waals surface area contributed by atoms with E-state index in [4.69, 9.17) is 0 Å². The van der Waals surface area contributed by atoms with Crippen LogP contribution in [0, 0.1) is 20.8 Å². The number of hydrogen-bond donors (Lipinski definition) is 0. The van der Waals surface area contributed by atoms with Crippen molar-refractivity contribution in [3.8, 4) is 0 Å². The van der Waals surface area contributed by atoms with Gasteiger partial charge in [0, 0.05) is 34.1 Å². The fraction of sp³-hybridized carbons (Fsp3) is 0.492. The second-order valence-electron chi connectivity index (χ2n) is 25.8. The summed E-state index contributed by atoms with van der Waals surface area (Å²) in [5.74, 6) is 0. The maximum absolute atomic E-state index is 2.73. The topological polar surface area (TPSA) is 6.48 Å². The Morgan fingerprint density at radius 2 is 0.952 bits per heavy atom. The van der Waals surface area contributed by atoms with E-state index in [2.05, 4.69) is 201 Å². The third-order valence-electron chi connectivity index (χ3n) is 16.9. The molecule has 0 bridgehead atoms. The molecule has 2 nitrogen and oxygen atoms in total. The Labute approximate surface area is 376 Å². The van der Waals surface area contributed by atoms with Gasteiger partial charge in [-0.2, -0.15) is 0 Å². The van der Waals surface area contributed by atoms with Gasteiger partial charge >= 0.3 is 0 Å². The summed E-state index contributed by atoms with van der Waals surface area (Å²) >= 11 is 0. The average molecular weight is 821 g/mol. The van der Waals surface area contributed by atoms with Crippen molar-refractivity contribution < 1.29 is 0 Å². The first-order valence-electron chi connectivity index (χ1n) is 23.9. The summed E-state index contributed by atoms with van der Waals surface area (Å²) in [5.41, 5.74) is 27.5. The van der Waals surface area contributed by atoms with Crippen LogP contribution in [0.1, 0.15) is 185 Å². The van der Waals surface area contributed by atoms with E-state index in [0.29, 0.717) is 0 Å². The van der Waals surface area contributed by atoms with Crippen molar-refractivity contribution >= 4 is 57.2 Å². The number of fused-ring (bicyclic) bond motifs is 7. The lowest BCUT2D eigenvalue weighted by atomic mass is 9.33. The minimum absolute atomic E-state index is 0.000787. The molecule has 62 heavy (non-hydrogen) atoms. The van der Waals surface area contributed by atoms with E-state index in [-0.39, 0.29) is 44.6 Å². The molecule has 0 fully saturated rings. The van der Waals surface area contributed by atoms with Gasteiger partial charge in [0.05, 0.1) is 0 Å². The fourth-order valence-corrected chi connectivity index (χ4v) is 14.2. The second kappa shape index (κ2) is 12.5. The molecule has 0 saturated carbocycles. The number of benzene rings is 5. The van der Waals surface area contributed by atoms with Crippen LogP contribution >= 0.6 is 0 Å². The van der Waals surface area contributed by atoms with Crippen molar-refractivity contribution in [1.29, 1.82) is 0 Å². The zero-order chi connectivity index (χ0) is 44.8. The van der Waals surface area contributed by atoms with E-state index in [1.54, 1.807) is 5.56 Å². The van der Waals surface area contributed by atoms with Crippen LogP contribution in [0.15, 0.2) is 66.7 Å². The largest absolute Gasteiger partial charge is 0.311 e. The number of aryl methyl sites for hydroxylation is 2. The van der Waals surface area contributed by atoms with E-state index in [1.165, 1.54) is 113 Å². The van der Waals surface area contributed by atoms with E-state index < -0.39 is 0 Å². The van der Waals surface area contributed by atoms with E-state index in [0.717, 1.165) is 12.8 Å². The zero-order valence-corrected chi connectivity index (χ0v) is 41.7. The summed E-state index contributed by atoms with van der Waals surface area (Å²) in [6.45, 7) is 44.0. The molecule has 0 aromatic heterocycles. The Morgan fingerprint density at radius 3 is 1.53 bits per heavy atom. The van der Waals surface area contributed by atoms with Crippen LogP contribution in [0.25, 0.3) is 0 Å². The highest BCUT2D eigenvalue weighted by Gasteiger charge is 2.50. The molecule has 0 spiro atoms. The minimum atomic E-state index is 0.000787. The quantitative estimate of drug-likeness (QED) is 0.160. The van der Waals surface area contributed by atoms with Gasteiger partial charge in [-0.25, -0.2) is 0 Å². The molecule has 5 aliphatic rings. The van der Waals surface area contributed by atoms with Crippen molar-refractivity contribution in [2.75, 3.05) is 9.80 Å². The molecule has 0 unspecified atom stereocenters. The van der Waals surface area contributed by atoms with Crippen molar-refractivity contribution in [2.45, 2.75) is 188 Å². The molecule has 0 radical (unpaired) electrons. The molecule has 3 aliphatic carbocycles. The standard InChI is InChI=1S/C59H73BN2/c1-34-25-49-52-50(26-34)62(46-30-41-39(27-35(46)2)56(11,12)32-58(41,15)16)48-31-42-40(57(13,14)33-59(42,17)18)29-44(48)60(52)43-21-19-37(53(4,5)6)28-47(43)61(49)45-22-20-38-51(36(45)3)55(9,10)24-23-54(38,7)8/h19-22,25-31H,23-24,32-33H2,1-18H3. The normalized spacial score (nSPS) is 21.2. The Bertz CT molecular complexity index is 2780. The second-order valence-corrected chi connectivity index (χ2v) is 25.8. The molecule has 322 valence electrons. The summed E-state index contributed by atoms with van der Waals surface area (Å²) in [5, 5.41) is 0. The van der Waals surface area contributed by atoms with Gasteiger partial charge < -0.3 is 9.80 Å². The Kier molecular flexibility index (Phi) is 8.43. The predicted molar refractivity (Wildman–Crippen MR) is 270 cm³/mol. The first-order valence-corrected chi connectivity index (χ1v) is 23.9. The predicted octanol–water partition coefficient (Wildman–Crippen LogP) is 14.3. The Balaban J connectivity index is 1.33. The molecular formula is C59H73BN2. The molecule has 0 atom stereocenters. The lowest BCUT2D eigenvalue weighted by Crippen LogP contribution is -2.61. The average Bonchev–Trinajstić information content (AvgIpc) is 3.45. The number of nitrogens with zero attached hydrogens (tertiary/aromatic N) is 2. The number of anilines is 6. The molecule has 0 amide bonds. The first kappa shape index (κ1) is 41.8. The fourth-order valence-electron chi connectivity index (χ4n) is 14.2. The van der Waals surface area contributed by atoms with Crippen molar-refractivity contribution in [2.24, 2.45) is 0 Å². The van der Waals surface area contributed by atoms with Crippen LogP contribution in [0.3, 0.4) is 0 Å². The first-order chi connectivity index (χ1) is 28.6. The van der Waals surface area contributed by atoms with Crippen LogP contribution in [0.4, 0.5) is 34.1 Å². The molecule has 5 aromatic carbocycles. The monoisotopic (exact) mass is 821 g/mol. The van der Waals surface area contributed by atoms with Gasteiger partial charge in [0.15, 0.2) is 0 Å². The highest BCUT2D eigenvalue weighted by molar-refractivity contribution is 7.00. The number of hydrogen-bond acceptors (Lipinski definition) is 2. The van der Waals surface area contributed by atoms with Crippen LogP contribution in [-0.4, -0.2) is 6.71 Å². The Hall–Kier alpha value is -4.24. The van der Waals surface area contributed by atoms with Gasteiger partial charge in [0.1, 0.15) is 0 Å². The number of rotatable bonds is 2. The third kappa shape index (κ3) is 5.74. The van der Waals surface area contributed by atoms with Crippen molar-refractivity contribution in [3.63, 3.8) is 0 Å². The lowest BCUT2D eigenvalue weighted by Gasteiger charge is -2.47. The van der Waals surface area contributed by atoms with Crippen LogP contribution in [0.2, 0.25) is 0 Å².